The van der Waals surface area contributed by atoms with Crippen LogP contribution in [0.2, 0.25) is 0 Å². The molecule has 0 radical (unpaired) electrons. The molecular weight excluding hydrogens is 340 g/mol. The Balaban J connectivity index is 1.95. The molecule has 0 aliphatic heterocycles. The number of carbonyl (C=O) groups is 2. The van der Waals surface area contributed by atoms with E-state index in [2.05, 4.69) is 10.9 Å². The summed E-state index contributed by atoms with van der Waals surface area (Å²) in [5.41, 5.74) is 4.37. The second-order valence-corrected chi connectivity index (χ2v) is 5.12. The molecule has 1 atom stereocenters. The number of nitrogens with zero attached hydrogens (tertiary/aromatic N) is 2. The molecule has 2 aromatic carbocycles. The Morgan fingerprint density at radius 1 is 1.19 bits per heavy atom. The van der Waals surface area contributed by atoms with Gasteiger partial charge in [-0.05, 0) is 25.1 Å². The number of rotatable bonds is 5. The van der Waals surface area contributed by atoms with Crippen molar-refractivity contribution in [2.75, 3.05) is 0 Å². The van der Waals surface area contributed by atoms with Crippen LogP contribution in [0, 0.1) is 21.4 Å². The summed E-state index contributed by atoms with van der Waals surface area (Å²) in [6.07, 6.45) is -0.991. The van der Waals surface area contributed by atoms with E-state index in [-0.39, 0.29) is 22.6 Å². The van der Waals surface area contributed by atoms with Crippen LogP contribution < -0.4 is 15.6 Å². The lowest BCUT2D eigenvalue weighted by Crippen LogP contribution is -2.47. The molecule has 0 fully saturated rings. The summed E-state index contributed by atoms with van der Waals surface area (Å²) in [6, 6.07) is 13.4. The van der Waals surface area contributed by atoms with Gasteiger partial charge in [-0.15, -0.1) is 0 Å². The van der Waals surface area contributed by atoms with Crippen molar-refractivity contribution in [1.29, 1.82) is 5.26 Å². The number of nitro groups is 1. The van der Waals surface area contributed by atoms with Gasteiger partial charge >= 0.3 is 0 Å². The lowest BCUT2D eigenvalue weighted by atomic mass is 10.2. The van der Waals surface area contributed by atoms with Crippen LogP contribution in [-0.2, 0) is 4.79 Å². The van der Waals surface area contributed by atoms with Crippen LogP contribution in [-0.4, -0.2) is 22.8 Å². The molecule has 0 heterocycles. The summed E-state index contributed by atoms with van der Waals surface area (Å²) >= 11 is 0. The van der Waals surface area contributed by atoms with Crippen LogP contribution in [0.15, 0.2) is 48.5 Å². The Kier molecular flexibility index (Phi) is 5.84. The average molecular weight is 354 g/mol. The number of nitrogens with one attached hydrogen (secondary N) is 2. The highest BCUT2D eigenvalue weighted by Gasteiger charge is 2.18. The summed E-state index contributed by atoms with van der Waals surface area (Å²) in [6.45, 7) is 1.45. The van der Waals surface area contributed by atoms with Crippen LogP contribution >= 0.6 is 0 Å². The molecule has 1 unspecified atom stereocenters. The Hall–Kier alpha value is -3.93. The van der Waals surface area contributed by atoms with Gasteiger partial charge in [0.05, 0.1) is 10.5 Å². The monoisotopic (exact) mass is 354 g/mol. The molecule has 9 heteroatoms. The first-order valence-corrected chi connectivity index (χ1v) is 7.43. The Morgan fingerprint density at radius 2 is 1.92 bits per heavy atom. The Morgan fingerprint density at radius 3 is 2.62 bits per heavy atom. The van der Waals surface area contributed by atoms with E-state index in [9.17, 15) is 19.7 Å². The maximum atomic E-state index is 12.0. The molecule has 2 N–H and O–H groups in total. The third-order valence-corrected chi connectivity index (χ3v) is 3.30. The van der Waals surface area contributed by atoms with Gasteiger partial charge < -0.3 is 4.74 Å². The van der Waals surface area contributed by atoms with Crippen LogP contribution in [0.5, 0.6) is 5.75 Å². The number of hydrazine groups is 1. The Labute approximate surface area is 148 Å². The summed E-state index contributed by atoms with van der Waals surface area (Å²) in [5.74, 6) is -1.13. The van der Waals surface area contributed by atoms with Crippen molar-refractivity contribution in [2.24, 2.45) is 0 Å². The fraction of sp³-hybridized carbons (Fsp3) is 0.118. The molecule has 26 heavy (non-hydrogen) atoms. The number of para-hydroxylation sites is 1. The lowest BCUT2D eigenvalue weighted by Gasteiger charge is -2.15. The average Bonchev–Trinajstić information content (AvgIpc) is 2.66. The van der Waals surface area contributed by atoms with Crippen LogP contribution in [0.4, 0.5) is 5.69 Å². The fourth-order valence-electron chi connectivity index (χ4n) is 1.96. The van der Waals surface area contributed by atoms with Gasteiger partial charge in [0.25, 0.3) is 17.5 Å². The van der Waals surface area contributed by atoms with Crippen molar-refractivity contribution in [3.05, 3.63) is 69.8 Å². The first kappa shape index (κ1) is 18.4. The predicted octanol–water partition coefficient (Wildman–Crippen LogP) is 1.69. The highest BCUT2D eigenvalue weighted by Crippen LogP contribution is 2.18. The van der Waals surface area contributed by atoms with Crippen molar-refractivity contribution >= 4 is 17.5 Å². The van der Waals surface area contributed by atoms with Gasteiger partial charge in [-0.2, -0.15) is 5.26 Å². The summed E-state index contributed by atoms with van der Waals surface area (Å²) < 4.78 is 5.41. The Bertz CT molecular complexity index is 891. The van der Waals surface area contributed by atoms with Gasteiger partial charge in [0.2, 0.25) is 0 Å². The molecule has 0 aromatic heterocycles. The number of nitriles is 1. The van der Waals surface area contributed by atoms with Crippen molar-refractivity contribution in [3.8, 4) is 11.8 Å². The normalized spacial score (nSPS) is 10.9. The highest BCUT2D eigenvalue weighted by molar-refractivity contribution is 5.96. The second-order valence-electron chi connectivity index (χ2n) is 5.12. The SMILES string of the molecule is CC(Oc1ccccc1C#N)C(=O)NNC(=O)c1cccc([N+](=O)[O-])c1. The van der Waals surface area contributed by atoms with Gasteiger partial charge in [0.15, 0.2) is 6.10 Å². The highest BCUT2D eigenvalue weighted by atomic mass is 16.6. The van der Waals surface area contributed by atoms with Gasteiger partial charge in [-0.25, -0.2) is 0 Å². The number of nitro benzene ring substituents is 1. The van der Waals surface area contributed by atoms with E-state index in [4.69, 9.17) is 10.00 Å². The van der Waals surface area contributed by atoms with Crippen LogP contribution in [0.1, 0.15) is 22.8 Å². The quantitative estimate of drug-likeness (QED) is 0.620. The van der Waals surface area contributed by atoms with Gasteiger partial charge in [-0.3, -0.25) is 30.6 Å². The topological polar surface area (TPSA) is 134 Å². The molecule has 0 spiro atoms. The summed E-state index contributed by atoms with van der Waals surface area (Å²) in [4.78, 5) is 34.1. The maximum absolute atomic E-state index is 12.0. The fourth-order valence-corrected chi connectivity index (χ4v) is 1.96. The summed E-state index contributed by atoms with van der Waals surface area (Å²) in [5, 5.41) is 19.7. The van der Waals surface area contributed by atoms with Crippen molar-refractivity contribution < 1.29 is 19.2 Å². The number of non-ortho nitro benzene ring substituents is 1. The lowest BCUT2D eigenvalue weighted by molar-refractivity contribution is -0.384. The van der Waals surface area contributed by atoms with E-state index >= 15 is 0 Å². The molecule has 0 aliphatic rings. The molecule has 0 saturated carbocycles. The smallest absolute Gasteiger partial charge is 0.279 e. The molecule has 2 aromatic rings. The molecule has 2 amide bonds. The zero-order valence-corrected chi connectivity index (χ0v) is 13.6. The van der Waals surface area contributed by atoms with Gasteiger partial charge in [0.1, 0.15) is 11.8 Å². The van der Waals surface area contributed by atoms with Crippen LogP contribution in [0.25, 0.3) is 0 Å². The number of benzene rings is 2. The standard InChI is InChI=1S/C17H14N4O5/c1-11(26-15-8-3-2-5-13(15)10-18)16(22)19-20-17(23)12-6-4-7-14(9-12)21(24)25/h2-9,11H,1H3,(H,19,22)(H,20,23). The van der Waals surface area contributed by atoms with E-state index < -0.39 is 22.8 Å². The number of amides is 2. The number of carbonyl (C=O) groups excluding carboxylic acids is 2. The first-order valence-electron chi connectivity index (χ1n) is 7.43. The maximum Gasteiger partial charge on any atom is 0.279 e. The minimum atomic E-state index is -0.991. The van der Waals surface area contributed by atoms with E-state index in [1.807, 2.05) is 6.07 Å². The molecule has 0 bridgehead atoms. The molecule has 9 nitrogen and oxygen atoms in total. The number of hydrogen-bond acceptors (Lipinski definition) is 6. The molecule has 0 saturated heterocycles. The third-order valence-electron chi connectivity index (χ3n) is 3.30. The minimum Gasteiger partial charge on any atom is -0.479 e. The third kappa shape index (κ3) is 4.55. The second kappa shape index (κ2) is 8.25. The number of ether oxygens (including phenoxy) is 1. The van der Waals surface area contributed by atoms with E-state index in [1.165, 1.54) is 25.1 Å². The van der Waals surface area contributed by atoms with Crippen molar-refractivity contribution in [2.45, 2.75) is 13.0 Å². The molecule has 2 rings (SSSR count). The predicted molar refractivity (Wildman–Crippen MR) is 90.0 cm³/mol. The van der Waals surface area contributed by atoms with E-state index in [0.29, 0.717) is 0 Å². The van der Waals surface area contributed by atoms with E-state index in [0.717, 1.165) is 6.07 Å². The summed E-state index contributed by atoms with van der Waals surface area (Å²) in [7, 11) is 0. The van der Waals surface area contributed by atoms with Crippen molar-refractivity contribution in [1.82, 2.24) is 10.9 Å². The largest absolute Gasteiger partial charge is 0.479 e. The zero-order valence-electron chi connectivity index (χ0n) is 13.6. The van der Waals surface area contributed by atoms with Crippen LogP contribution in [0.3, 0.4) is 0 Å². The minimum absolute atomic E-state index is 0.0166. The molecule has 132 valence electrons. The molecule has 0 aliphatic carbocycles. The zero-order chi connectivity index (χ0) is 19.1. The molecular formula is C17H14N4O5. The number of hydrogen-bond donors (Lipinski definition) is 2. The van der Waals surface area contributed by atoms with Gasteiger partial charge in [0, 0.05) is 17.7 Å². The first-order chi connectivity index (χ1) is 12.4. The van der Waals surface area contributed by atoms with Gasteiger partial charge in [-0.1, -0.05) is 18.2 Å². The van der Waals surface area contributed by atoms with Crippen molar-refractivity contribution in [3.63, 3.8) is 0 Å². The van der Waals surface area contributed by atoms with E-state index in [1.54, 1.807) is 24.3 Å².